The predicted molar refractivity (Wildman–Crippen MR) is 82.1 cm³/mol. The van der Waals surface area contributed by atoms with Gasteiger partial charge in [-0.15, -0.1) is 0 Å². The maximum atomic E-state index is 11.8. The van der Waals surface area contributed by atoms with Crippen molar-refractivity contribution >= 4 is 5.91 Å². The molecule has 0 bridgehead atoms. The molecule has 1 rings (SSSR count). The fourth-order valence-electron chi connectivity index (χ4n) is 2.12. The van der Waals surface area contributed by atoms with Gasteiger partial charge in [-0.25, -0.2) is 0 Å². The molecule has 1 amide bonds. The van der Waals surface area contributed by atoms with E-state index >= 15 is 0 Å². The summed E-state index contributed by atoms with van der Waals surface area (Å²) in [5, 5.41) is 3.32. The van der Waals surface area contributed by atoms with Crippen LogP contribution in [0.4, 0.5) is 0 Å². The number of nitrogens with zero attached hydrogens (tertiary/aromatic N) is 1. The fraction of sp³-hybridized carbons (Fsp3) is 0.562. The summed E-state index contributed by atoms with van der Waals surface area (Å²) in [5.74, 6) is 1.11. The van der Waals surface area contributed by atoms with Gasteiger partial charge in [0.2, 0.25) is 5.91 Å². The van der Waals surface area contributed by atoms with Gasteiger partial charge in [-0.1, -0.05) is 12.1 Å². The molecular weight excluding hydrogens is 252 g/mol. The smallest absolute Gasteiger partial charge is 0.223 e. The largest absolute Gasteiger partial charge is 0.497 e. The van der Waals surface area contributed by atoms with Crippen LogP contribution >= 0.6 is 0 Å². The molecule has 0 radical (unpaired) electrons. The Morgan fingerprint density at radius 1 is 1.25 bits per heavy atom. The Hall–Kier alpha value is -1.55. The monoisotopic (exact) mass is 278 g/mol. The van der Waals surface area contributed by atoms with Gasteiger partial charge in [-0.2, -0.15) is 0 Å². The predicted octanol–water partition coefficient (Wildman–Crippen LogP) is 2.09. The SMILES string of the molecule is CCN(CC)C(=O)CCNCCc1cccc(OC)c1. The van der Waals surface area contributed by atoms with Crippen LogP contribution in [-0.2, 0) is 11.2 Å². The Morgan fingerprint density at radius 2 is 2.00 bits per heavy atom. The molecule has 1 N–H and O–H groups in total. The van der Waals surface area contributed by atoms with Crippen LogP contribution in [0.2, 0.25) is 0 Å². The van der Waals surface area contributed by atoms with E-state index in [-0.39, 0.29) is 5.91 Å². The van der Waals surface area contributed by atoms with E-state index in [9.17, 15) is 4.79 Å². The van der Waals surface area contributed by atoms with E-state index in [1.54, 1.807) is 7.11 Å². The summed E-state index contributed by atoms with van der Waals surface area (Å²) in [6, 6.07) is 8.08. The van der Waals surface area contributed by atoms with E-state index in [4.69, 9.17) is 4.74 Å². The quantitative estimate of drug-likeness (QED) is 0.703. The highest BCUT2D eigenvalue weighted by Crippen LogP contribution is 2.12. The first-order valence-corrected chi connectivity index (χ1v) is 7.32. The molecular formula is C16H26N2O2. The third-order valence-electron chi connectivity index (χ3n) is 3.36. The van der Waals surface area contributed by atoms with Gasteiger partial charge >= 0.3 is 0 Å². The summed E-state index contributed by atoms with van der Waals surface area (Å²) in [4.78, 5) is 13.7. The van der Waals surface area contributed by atoms with Crippen LogP contribution in [0.15, 0.2) is 24.3 Å². The number of methoxy groups -OCH3 is 1. The van der Waals surface area contributed by atoms with Gasteiger partial charge in [0.25, 0.3) is 0 Å². The average molecular weight is 278 g/mol. The summed E-state index contributed by atoms with van der Waals surface area (Å²) in [5.41, 5.74) is 1.24. The van der Waals surface area contributed by atoms with Crippen molar-refractivity contribution in [3.63, 3.8) is 0 Å². The van der Waals surface area contributed by atoms with Gasteiger partial charge in [0.05, 0.1) is 7.11 Å². The van der Waals surface area contributed by atoms with Crippen molar-refractivity contribution < 1.29 is 9.53 Å². The number of amides is 1. The van der Waals surface area contributed by atoms with Crippen LogP contribution in [-0.4, -0.2) is 44.1 Å². The van der Waals surface area contributed by atoms with Crippen LogP contribution in [0, 0.1) is 0 Å². The zero-order chi connectivity index (χ0) is 14.8. The van der Waals surface area contributed by atoms with Crippen molar-refractivity contribution in [2.75, 3.05) is 33.3 Å². The van der Waals surface area contributed by atoms with Gasteiger partial charge < -0.3 is 15.0 Å². The number of hydrogen-bond acceptors (Lipinski definition) is 3. The Bertz CT molecular complexity index is 403. The standard InChI is InChI=1S/C16H26N2O2/c1-4-18(5-2)16(19)10-12-17-11-9-14-7-6-8-15(13-14)20-3/h6-8,13,17H,4-5,9-12H2,1-3H3. The summed E-state index contributed by atoms with van der Waals surface area (Å²) >= 11 is 0. The number of carbonyl (C=O) groups excluding carboxylic acids is 1. The Morgan fingerprint density at radius 3 is 2.65 bits per heavy atom. The molecule has 0 aromatic heterocycles. The third-order valence-corrected chi connectivity index (χ3v) is 3.36. The Labute approximate surface area is 122 Å². The molecule has 4 nitrogen and oxygen atoms in total. The summed E-state index contributed by atoms with van der Waals surface area (Å²) < 4.78 is 5.19. The van der Waals surface area contributed by atoms with Gasteiger partial charge in [0.1, 0.15) is 5.75 Å². The minimum atomic E-state index is 0.226. The molecule has 0 unspecified atom stereocenters. The maximum Gasteiger partial charge on any atom is 0.223 e. The van der Waals surface area contributed by atoms with Gasteiger partial charge in [0.15, 0.2) is 0 Å². The minimum absolute atomic E-state index is 0.226. The second kappa shape index (κ2) is 9.37. The first kappa shape index (κ1) is 16.5. The van der Waals surface area contributed by atoms with Gasteiger partial charge in [-0.3, -0.25) is 4.79 Å². The van der Waals surface area contributed by atoms with Crippen LogP contribution < -0.4 is 10.1 Å². The first-order valence-electron chi connectivity index (χ1n) is 7.32. The highest BCUT2D eigenvalue weighted by atomic mass is 16.5. The molecule has 0 aliphatic heterocycles. The third kappa shape index (κ3) is 5.61. The van der Waals surface area contributed by atoms with Crippen molar-refractivity contribution in [1.29, 1.82) is 0 Å². The molecule has 1 aromatic carbocycles. The average Bonchev–Trinajstić information content (AvgIpc) is 2.48. The van der Waals surface area contributed by atoms with Gasteiger partial charge in [-0.05, 0) is 44.5 Å². The van der Waals surface area contributed by atoms with Crippen LogP contribution in [0.5, 0.6) is 5.75 Å². The van der Waals surface area contributed by atoms with Crippen LogP contribution in [0.1, 0.15) is 25.8 Å². The lowest BCUT2D eigenvalue weighted by Gasteiger charge is -2.18. The normalized spacial score (nSPS) is 10.3. The van der Waals surface area contributed by atoms with Gasteiger partial charge in [0, 0.05) is 26.1 Å². The number of nitrogens with one attached hydrogen (secondary N) is 1. The number of carbonyl (C=O) groups is 1. The van der Waals surface area contributed by atoms with Crippen molar-refractivity contribution in [3.05, 3.63) is 29.8 Å². The summed E-state index contributed by atoms with van der Waals surface area (Å²) in [6.45, 7) is 7.21. The van der Waals surface area contributed by atoms with E-state index in [1.165, 1.54) is 5.56 Å². The number of ether oxygens (including phenoxy) is 1. The summed E-state index contributed by atoms with van der Waals surface area (Å²) in [7, 11) is 1.68. The second-order valence-corrected chi connectivity index (χ2v) is 4.67. The Kier molecular flexibility index (Phi) is 7.73. The van der Waals surface area contributed by atoms with Crippen molar-refractivity contribution in [3.8, 4) is 5.75 Å². The first-order chi connectivity index (χ1) is 9.71. The fourth-order valence-corrected chi connectivity index (χ4v) is 2.12. The van der Waals surface area contributed by atoms with E-state index in [1.807, 2.05) is 36.9 Å². The molecule has 0 saturated carbocycles. The number of rotatable bonds is 9. The van der Waals surface area contributed by atoms with E-state index in [0.29, 0.717) is 6.42 Å². The second-order valence-electron chi connectivity index (χ2n) is 4.67. The highest BCUT2D eigenvalue weighted by molar-refractivity contribution is 5.76. The lowest BCUT2D eigenvalue weighted by Crippen LogP contribution is -2.33. The van der Waals surface area contributed by atoms with E-state index in [0.717, 1.165) is 38.3 Å². The molecule has 0 saturated heterocycles. The molecule has 112 valence electrons. The topological polar surface area (TPSA) is 41.6 Å². The maximum absolute atomic E-state index is 11.8. The van der Waals surface area contributed by atoms with Crippen molar-refractivity contribution in [2.45, 2.75) is 26.7 Å². The molecule has 0 spiro atoms. The molecule has 0 aliphatic rings. The van der Waals surface area contributed by atoms with E-state index in [2.05, 4.69) is 11.4 Å². The van der Waals surface area contributed by atoms with Crippen LogP contribution in [0.3, 0.4) is 0 Å². The molecule has 1 aromatic rings. The van der Waals surface area contributed by atoms with E-state index < -0.39 is 0 Å². The van der Waals surface area contributed by atoms with Crippen molar-refractivity contribution in [2.24, 2.45) is 0 Å². The highest BCUT2D eigenvalue weighted by Gasteiger charge is 2.07. The Balaban J connectivity index is 2.20. The molecule has 0 atom stereocenters. The minimum Gasteiger partial charge on any atom is -0.497 e. The zero-order valence-corrected chi connectivity index (χ0v) is 12.8. The zero-order valence-electron chi connectivity index (χ0n) is 12.8. The molecule has 0 fully saturated rings. The van der Waals surface area contributed by atoms with Crippen molar-refractivity contribution in [1.82, 2.24) is 10.2 Å². The molecule has 0 heterocycles. The molecule has 0 aliphatic carbocycles. The van der Waals surface area contributed by atoms with Crippen LogP contribution in [0.25, 0.3) is 0 Å². The lowest BCUT2D eigenvalue weighted by molar-refractivity contribution is -0.130. The summed E-state index contributed by atoms with van der Waals surface area (Å²) in [6.07, 6.45) is 1.51. The molecule has 4 heteroatoms. The molecule has 20 heavy (non-hydrogen) atoms. The number of hydrogen-bond donors (Lipinski definition) is 1. The lowest BCUT2D eigenvalue weighted by atomic mass is 10.1. The number of benzene rings is 1.